The Hall–Kier alpha value is -0.440. The SMILES string of the molecule is C#CC(I)c1cc(OOC)ccc1Cl. The Balaban J connectivity index is 3.03. The van der Waals surface area contributed by atoms with E-state index in [1.165, 1.54) is 7.11 Å². The largest absolute Gasteiger partial charge is 0.338 e. The van der Waals surface area contributed by atoms with Gasteiger partial charge in [-0.3, -0.25) is 0 Å². The van der Waals surface area contributed by atoms with E-state index in [1.54, 1.807) is 18.2 Å². The van der Waals surface area contributed by atoms with Gasteiger partial charge in [0.2, 0.25) is 0 Å². The number of benzene rings is 1. The van der Waals surface area contributed by atoms with Crippen LogP contribution in [0.25, 0.3) is 0 Å². The number of hydrogen-bond donors (Lipinski definition) is 0. The number of alkyl halides is 1. The summed E-state index contributed by atoms with van der Waals surface area (Å²) < 4.78 is -0.0690. The van der Waals surface area contributed by atoms with Crippen LogP contribution < -0.4 is 4.89 Å². The van der Waals surface area contributed by atoms with E-state index in [9.17, 15) is 0 Å². The lowest BCUT2D eigenvalue weighted by atomic mass is 10.1. The number of hydrogen-bond acceptors (Lipinski definition) is 2. The van der Waals surface area contributed by atoms with Crippen LogP contribution in [0.3, 0.4) is 0 Å². The summed E-state index contributed by atoms with van der Waals surface area (Å²) in [5.74, 6) is 3.18. The summed E-state index contributed by atoms with van der Waals surface area (Å²) in [6.07, 6.45) is 5.31. The van der Waals surface area contributed by atoms with Crippen LogP contribution in [-0.4, -0.2) is 7.11 Å². The van der Waals surface area contributed by atoms with Crippen molar-refractivity contribution in [1.82, 2.24) is 0 Å². The van der Waals surface area contributed by atoms with E-state index in [-0.39, 0.29) is 3.92 Å². The molecule has 0 N–H and O–H groups in total. The first-order valence-corrected chi connectivity index (χ1v) is 5.41. The topological polar surface area (TPSA) is 18.5 Å². The minimum absolute atomic E-state index is 0.0690. The molecule has 0 radical (unpaired) electrons. The predicted molar refractivity (Wildman–Crippen MR) is 64.7 cm³/mol. The maximum Gasteiger partial charge on any atom is 0.165 e. The second kappa shape index (κ2) is 5.44. The molecule has 0 heterocycles. The fraction of sp³-hybridized carbons (Fsp3) is 0.200. The van der Waals surface area contributed by atoms with Crippen molar-refractivity contribution < 1.29 is 9.78 Å². The van der Waals surface area contributed by atoms with Gasteiger partial charge >= 0.3 is 0 Å². The van der Waals surface area contributed by atoms with Gasteiger partial charge in [0.15, 0.2) is 5.75 Å². The molecule has 74 valence electrons. The Morgan fingerprint density at radius 3 is 2.86 bits per heavy atom. The molecule has 0 saturated carbocycles. The van der Waals surface area contributed by atoms with Gasteiger partial charge in [-0.2, -0.15) is 4.89 Å². The standard InChI is InChI=1S/C10H8ClIO2/c1-3-10(12)8-6-7(14-13-2)4-5-9(8)11/h1,4-6,10H,2H3. The summed E-state index contributed by atoms with van der Waals surface area (Å²) in [7, 11) is 1.44. The first-order valence-electron chi connectivity index (χ1n) is 3.79. The van der Waals surface area contributed by atoms with Gasteiger partial charge in [-0.15, -0.1) is 6.42 Å². The van der Waals surface area contributed by atoms with Crippen LogP contribution in [0.2, 0.25) is 5.02 Å². The molecule has 14 heavy (non-hydrogen) atoms. The van der Waals surface area contributed by atoms with Gasteiger partial charge in [-0.05, 0) is 23.8 Å². The Labute approximate surface area is 102 Å². The maximum atomic E-state index is 5.97. The van der Waals surface area contributed by atoms with Crippen LogP contribution in [0.15, 0.2) is 18.2 Å². The fourth-order valence-corrected chi connectivity index (χ4v) is 1.88. The van der Waals surface area contributed by atoms with E-state index in [2.05, 4.69) is 33.4 Å². The molecular weight excluding hydrogens is 314 g/mol. The van der Waals surface area contributed by atoms with Crippen LogP contribution >= 0.6 is 34.2 Å². The normalized spacial score (nSPS) is 11.9. The van der Waals surface area contributed by atoms with Crippen molar-refractivity contribution in [3.63, 3.8) is 0 Å². The highest BCUT2D eigenvalue weighted by Crippen LogP contribution is 2.32. The Morgan fingerprint density at radius 2 is 2.29 bits per heavy atom. The van der Waals surface area contributed by atoms with E-state index < -0.39 is 0 Å². The zero-order valence-electron chi connectivity index (χ0n) is 7.46. The molecule has 2 nitrogen and oxygen atoms in total. The molecule has 0 aliphatic rings. The fourth-order valence-electron chi connectivity index (χ4n) is 0.954. The highest BCUT2D eigenvalue weighted by Gasteiger charge is 2.10. The van der Waals surface area contributed by atoms with E-state index in [0.29, 0.717) is 10.8 Å². The lowest BCUT2D eigenvalue weighted by Gasteiger charge is -2.08. The average Bonchev–Trinajstić information content (AvgIpc) is 2.20. The average molecular weight is 323 g/mol. The first kappa shape index (κ1) is 11.6. The van der Waals surface area contributed by atoms with Gasteiger partial charge in [-0.25, -0.2) is 0 Å². The minimum atomic E-state index is -0.0690. The summed E-state index contributed by atoms with van der Waals surface area (Å²) in [6.45, 7) is 0. The molecule has 1 rings (SSSR count). The van der Waals surface area contributed by atoms with Crippen molar-refractivity contribution in [2.75, 3.05) is 7.11 Å². The van der Waals surface area contributed by atoms with Crippen LogP contribution in [0.1, 0.15) is 9.49 Å². The molecule has 1 aromatic rings. The van der Waals surface area contributed by atoms with Crippen LogP contribution in [-0.2, 0) is 4.89 Å². The molecule has 0 fully saturated rings. The van der Waals surface area contributed by atoms with Crippen LogP contribution in [0.4, 0.5) is 0 Å². The van der Waals surface area contributed by atoms with Crippen molar-refractivity contribution >= 4 is 34.2 Å². The zero-order valence-corrected chi connectivity index (χ0v) is 10.4. The Bertz CT molecular complexity index is 360. The molecule has 4 heteroatoms. The summed E-state index contributed by atoms with van der Waals surface area (Å²) in [5.41, 5.74) is 0.851. The second-order valence-electron chi connectivity index (χ2n) is 2.46. The van der Waals surface area contributed by atoms with Crippen LogP contribution in [0.5, 0.6) is 5.75 Å². The van der Waals surface area contributed by atoms with Crippen molar-refractivity contribution in [3.8, 4) is 18.1 Å². The minimum Gasteiger partial charge on any atom is -0.338 e. The molecule has 0 aromatic heterocycles. The third-order valence-electron chi connectivity index (χ3n) is 1.57. The van der Waals surface area contributed by atoms with Crippen LogP contribution in [0, 0.1) is 12.3 Å². The quantitative estimate of drug-likeness (QED) is 0.279. The molecular formula is C10H8ClIO2. The van der Waals surface area contributed by atoms with E-state index >= 15 is 0 Å². The zero-order chi connectivity index (χ0) is 10.6. The van der Waals surface area contributed by atoms with Gasteiger partial charge < -0.3 is 4.89 Å². The van der Waals surface area contributed by atoms with Crippen molar-refractivity contribution in [2.45, 2.75) is 3.92 Å². The molecule has 0 saturated heterocycles. The summed E-state index contributed by atoms with van der Waals surface area (Å²) >= 11 is 8.10. The molecule has 0 bridgehead atoms. The highest BCUT2D eigenvalue weighted by molar-refractivity contribution is 14.1. The molecule has 0 spiro atoms. The Morgan fingerprint density at radius 1 is 1.57 bits per heavy atom. The second-order valence-corrected chi connectivity index (χ2v) is 4.12. The molecule has 0 aliphatic heterocycles. The first-order chi connectivity index (χ1) is 6.69. The van der Waals surface area contributed by atoms with Gasteiger partial charge in [0.1, 0.15) is 0 Å². The van der Waals surface area contributed by atoms with E-state index in [4.69, 9.17) is 22.9 Å². The molecule has 0 amide bonds. The van der Waals surface area contributed by atoms with Crippen molar-refractivity contribution in [2.24, 2.45) is 0 Å². The lowest BCUT2D eigenvalue weighted by molar-refractivity contribution is -0.178. The Kier molecular flexibility index (Phi) is 4.52. The van der Waals surface area contributed by atoms with E-state index in [1.807, 2.05) is 0 Å². The molecule has 0 aliphatic carbocycles. The predicted octanol–water partition coefficient (Wildman–Crippen LogP) is 3.39. The van der Waals surface area contributed by atoms with Crippen molar-refractivity contribution in [1.29, 1.82) is 0 Å². The number of rotatable bonds is 3. The monoisotopic (exact) mass is 322 g/mol. The van der Waals surface area contributed by atoms with E-state index in [0.717, 1.165) is 5.56 Å². The molecule has 1 aromatic carbocycles. The highest BCUT2D eigenvalue weighted by atomic mass is 127. The van der Waals surface area contributed by atoms with Gasteiger partial charge in [0, 0.05) is 5.02 Å². The smallest absolute Gasteiger partial charge is 0.165 e. The maximum absolute atomic E-state index is 5.97. The van der Waals surface area contributed by atoms with Gasteiger partial charge in [-0.1, -0.05) is 40.1 Å². The van der Waals surface area contributed by atoms with Gasteiger partial charge in [0.05, 0.1) is 11.0 Å². The third-order valence-corrected chi connectivity index (χ3v) is 2.94. The summed E-state index contributed by atoms with van der Waals surface area (Å²) in [5, 5.41) is 0.630. The number of terminal acetylenes is 1. The lowest BCUT2D eigenvalue weighted by Crippen LogP contribution is -1.93. The molecule has 1 unspecified atom stereocenters. The number of halogens is 2. The van der Waals surface area contributed by atoms with Gasteiger partial charge in [0.25, 0.3) is 0 Å². The third kappa shape index (κ3) is 2.77. The summed E-state index contributed by atoms with van der Waals surface area (Å²) in [4.78, 5) is 9.40. The molecule has 1 atom stereocenters. The van der Waals surface area contributed by atoms with Crippen molar-refractivity contribution in [3.05, 3.63) is 28.8 Å². The summed E-state index contributed by atoms with van der Waals surface area (Å²) in [6, 6.07) is 5.21.